The van der Waals surface area contributed by atoms with Crippen LogP contribution in [0.2, 0.25) is 0 Å². The lowest BCUT2D eigenvalue weighted by atomic mass is 10.2. The van der Waals surface area contributed by atoms with Gasteiger partial charge in [-0.1, -0.05) is 0 Å². The van der Waals surface area contributed by atoms with E-state index in [1.54, 1.807) is 12.4 Å². The van der Waals surface area contributed by atoms with Crippen LogP contribution in [0.5, 0.6) is 0 Å². The van der Waals surface area contributed by atoms with Crippen LogP contribution >= 0.6 is 0 Å². The van der Waals surface area contributed by atoms with E-state index < -0.39 is 9.84 Å². The van der Waals surface area contributed by atoms with Gasteiger partial charge in [0, 0.05) is 37.7 Å². The molecule has 0 bridgehead atoms. The third kappa shape index (κ3) is 4.44. The first-order valence-corrected chi connectivity index (χ1v) is 6.88. The lowest BCUT2D eigenvalue weighted by molar-refractivity contribution is 0.588. The first kappa shape index (κ1) is 12.2. The van der Waals surface area contributed by atoms with Crippen LogP contribution < -0.4 is 5.73 Å². The SMILES string of the molecule is CC(N)Cc1nccn1CCS(C)(=O)=O. The Morgan fingerprint density at radius 1 is 1.60 bits per heavy atom. The summed E-state index contributed by atoms with van der Waals surface area (Å²) in [4.78, 5) is 4.15. The van der Waals surface area contributed by atoms with E-state index in [1.165, 1.54) is 6.26 Å². The number of imidazole rings is 1. The van der Waals surface area contributed by atoms with Crippen molar-refractivity contribution in [1.29, 1.82) is 0 Å². The molecular formula is C9H17N3O2S. The second-order valence-corrected chi connectivity index (χ2v) is 6.11. The number of nitrogens with two attached hydrogens (primary N) is 1. The second-order valence-electron chi connectivity index (χ2n) is 3.85. The molecule has 0 aromatic carbocycles. The molecule has 1 aromatic heterocycles. The highest BCUT2D eigenvalue weighted by Crippen LogP contribution is 2.01. The number of aryl methyl sites for hydroxylation is 1. The van der Waals surface area contributed by atoms with Crippen LogP contribution in [0.25, 0.3) is 0 Å². The zero-order valence-corrected chi connectivity index (χ0v) is 9.87. The second kappa shape index (κ2) is 4.76. The van der Waals surface area contributed by atoms with E-state index in [9.17, 15) is 8.42 Å². The topological polar surface area (TPSA) is 78.0 Å². The van der Waals surface area contributed by atoms with Crippen molar-refractivity contribution < 1.29 is 8.42 Å². The molecule has 0 saturated carbocycles. The van der Waals surface area contributed by atoms with Gasteiger partial charge in [0.1, 0.15) is 15.7 Å². The molecule has 1 heterocycles. The van der Waals surface area contributed by atoms with Crippen molar-refractivity contribution in [1.82, 2.24) is 9.55 Å². The first-order chi connectivity index (χ1) is 6.88. The standard InChI is InChI=1S/C9H17N3O2S/c1-8(10)7-9-11-3-4-12(9)5-6-15(2,13)14/h3-4,8H,5-7,10H2,1-2H3. The van der Waals surface area contributed by atoms with E-state index in [-0.39, 0.29) is 11.8 Å². The minimum Gasteiger partial charge on any atom is -0.334 e. The van der Waals surface area contributed by atoms with Crippen LogP contribution in [0.1, 0.15) is 12.7 Å². The largest absolute Gasteiger partial charge is 0.334 e. The average molecular weight is 231 g/mol. The maximum atomic E-state index is 11.0. The van der Waals surface area contributed by atoms with E-state index in [2.05, 4.69) is 4.98 Å². The highest BCUT2D eigenvalue weighted by atomic mass is 32.2. The van der Waals surface area contributed by atoms with E-state index in [0.717, 1.165) is 5.82 Å². The third-order valence-electron chi connectivity index (χ3n) is 2.01. The molecule has 0 radical (unpaired) electrons. The Bertz CT molecular complexity index is 409. The summed E-state index contributed by atoms with van der Waals surface area (Å²) in [6.45, 7) is 2.34. The molecule has 0 fully saturated rings. The highest BCUT2D eigenvalue weighted by molar-refractivity contribution is 7.90. The van der Waals surface area contributed by atoms with Crippen molar-refractivity contribution in [3.63, 3.8) is 0 Å². The summed E-state index contributed by atoms with van der Waals surface area (Å²) >= 11 is 0. The molecule has 0 aliphatic rings. The van der Waals surface area contributed by atoms with Gasteiger partial charge in [0.2, 0.25) is 0 Å². The number of rotatable bonds is 5. The van der Waals surface area contributed by atoms with Gasteiger partial charge < -0.3 is 10.3 Å². The Labute approximate surface area is 90.2 Å². The van der Waals surface area contributed by atoms with Crippen molar-refractivity contribution in [2.75, 3.05) is 12.0 Å². The summed E-state index contributed by atoms with van der Waals surface area (Å²) < 4.78 is 23.8. The summed E-state index contributed by atoms with van der Waals surface area (Å²) in [5.41, 5.74) is 5.66. The fraction of sp³-hybridized carbons (Fsp3) is 0.667. The maximum Gasteiger partial charge on any atom is 0.149 e. The van der Waals surface area contributed by atoms with E-state index in [4.69, 9.17) is 5.73 Å². The average Bonchev–Trinajstić information content (AvgIpc) is 2.46. The van der Waals surface area contributed by atoms with Gasteiger partial charge in [0.25, 0.3) is 0 Å². The molecule has 86 valence electrons. The molecule has 6 heteroatoms. The predicted molar refractivity (Wildman–Crippen MR) is 59.3 cm³/mol. The van der Waals surface area contributed by atoms with Crippen LogP contribution in [-0.4, -0.2) is 36.0 Å². The van der Waals surface area contributed by atoms with Crippen LogP contribution in [-0.2, 0) is 22.8 Å². The third-order valence-corrected chi connectivity index (χ3v) is 2.93. The van der Waals surface area contributed by atoms with Crippen molar-refractivity contribution in [2.24, 2.45) is 5.73 Å². The van der Waals surface area contributed by atoms with Gasteiger partial charge >= 0.3 is 0 Å². The van der Waals surface area contributed by atoms with Crippen LogP contribution in [0.4, 0.5) is 0 Å². The number of hydrogen-bond donors (Lipinski definition) is 1. The molecule has 0 aliphatic carbocycles. The van der Waals surface area contributed by atoms with Gasteiger partial charge in [-0.05, 0) is 6.92 Å². The summed E-state index contributed by atoms with van der Waals surface area (Å²) in [7, 11) is -2.93. The first-order valence-electron chi connectivity index (χ1n) is 4.82. The molecule has 0 aliphatic heterocycles. The van der Waals surface area contributed by atoms with Crippen molar-refractivity contribution >= 4 is 9.84 Å². The van der Waals surface area contributed by atoms with Crippen LogP contribution in [0.3, 0.4) is 0 Å². The summed E-state index contributed by atoms with van der Waals surface area (Å²) in [6.07, 6.45) is 5.34. The fourth-order valence-corrected chi connectivity index (χ4v) is 1.81. The Hall–Kier alpha value is -0.880. The van der Waals surface area contributed by atoms with E-state index in [1.807, 2.05) is 11.5 Å². The van der Waals surface area contributed by atoms with E-state index >= 15 is 0 Å². The van der Waals surface area contributed by atoms with Crippen molar-refractivity contribution in [2.45, 2.75) is 25.9 Å². The zero-order valence-electron chi connectivity index (χ0n) is 9.05. The number of hydrogen-bond acceptors (Lipinski definition) is 4. The monoisotopic (exact) mass is 231 g/mol. The molecular weight excluding hydrogens is 214 g/mol. The summed E-state index contributed by atoms with van der Waals surface area (Å²) in [5.74, 6) is 0.976. The number of sulfone groups is 1. The van der Waals surface area contributed by atoms with Gasteiger partial charge in [-0.2, -0.15) is 0 Å². The van der Waals surface area contributed by atoms with Gasteiger partial charge in [-0.25, -0.2) is 13.4 Å². The molecule has 0 spiro atoms. The molecule has 1 aromatic rings. The molecule has 0 amide bonds. The number of aromatic nitrogens is 2. The summed E-state index contributed by atoms with van der Waals surface area (Å²) in [6, 6.07) is 0.0318. The molecule has 5 nitrogen and oxygen atoms in total. The smallest absolute Gasteiger partial charge is 0.149 e. The lowest BCUT2D eigenvalue weighted by Crippen LogP contribution is -2.21. The van der Waals surface area contributed by atoms with E-state index in [0.29, 0.717) is 13.0 Å². The highest BCUT2D eigenvalue weighted by Gasteiger charge is 2.08. The van der Waals surface area contributed by atoms with Gasteiger partial charge in [0.15, 0.2) is 0 Å². The minimum absolute atomic E-state index is 0.0318. The maximum absolute atomic E-state index is 11.0. The molecule has 2 N–H and O–H groups in total. The van der Waals surface area contributed by atoms with Crippen molar-refractivity contribution in [3.05, 3.63) is 18.2 Å². The van der Waals surface area contributed by atoms with Crippen molar-refractivity contribution in [3.8, 4) is 0 Å². The lowest BCUT2D eigenvalue weighted by Gasteiger charge is -2.08. The molecule has 0 saturated heterocycles. The molecule has 1 atom stereocenters. The normalized spacial score (nSPS) is 14.1. The molecule has 1 unspecified atom stereocenters. The zero-order chi connectivity index (χ0) is 11.5. The summed E-state index contributed by atoms with van der Waals surface area (Å²) in [5, 5.41) is 0. The quantitative estimate of drug-likeness (QED) is 0.762. The Kier molecular flexibility index (Phi) is 3.87. The molecule has 15 heavy (non-hydrogen) atoms. The Morgan fingerprint density at radius 3 is 2.80 bits per heavy atom. The minimum atomic E-state index is -2.93. The van der Waals surface area contributed by atoms with Crippen LogP contribution in [0.15, 0.2) is 12.4 Å². The Balaban J connectivity index is 2.65. The predicted octanol–water partition coefficient (Wildman–Crippen LogP) is -0.183. The van der Waals surface area contributed by atoms with Gasteiger partial charge in [-0.15, -0.1) is 0 Å². The Morgan fingerprint density at radius 2 is 2.27 bits per heavy atom. The van der Waals surface area contributed by atoms with Gasteiger partial charge in [0.05, 0.1) is 5.75 Å². The van der Waals surface area contributed by atoms with Gasteiger partial charge in [-0.3, -0.25) is 0 Å². The number of nitrogens with zero attached hydrogens (tertiary/aromatic N) is 2. The fourth-order valence-electron chi connectivity index (χ4n) is 1.29. The van der Waals surface area contributed by atoms with Crippen LogP contribution in [0, 0.1) is 0 Å². The molecule has 1 rings (SSSR count).